The van der Waals surface area contributed by atoms with Crippen LogP contribution in [0.1, 0.15) is 69.6 Å². The molecule has 0 saturated carbocycles. The molecular weight excluding hydrogens is 494 g/mol. The van der Waals surface area contributed by atoms with Crippen LogP contribution in [0.3, 0.4) is 0 Å². The third-order valence-corrected chi connectivity index (χ3v) is 7.61. The Kier molecular flexibility index (Phi) is 12.0. The number of hydrazone groups is 1. The minimum Gasteiger partial charge on any atom is -0.496 e. The Morgan fingerprint density at radius 1 is 1.12 bits per heavy atom. The van der Waals surface area contributed by atoms with E-state index in [9.17, 15) is 4.79 Å². The fraction of sp³-hybridized carbons (Fsp3) is 0.371. The van der Waals surface area contributed by atoms with Crippen molar-refractivity contribution in [3.05, 3.63) is 108 Å². The van der Waals surface area contributed by atoms with Crippen LogP contribution in [0.4, 0.5) is 4.79 Å². The molecule has 3 rings (SSSR count). The Morgan fingerprint density at radius 2 is 1.82 bits per heavy atom. The van der Waals surface area contributed by atoms with Gasteiger partial charge in [0, 0.05) is 31.1 Å². The molecule has 0 aliphatic carbocycles. The summed E-state index contributed by atoms with van der Waals surface area (Å²) in [7, 11) is 1.71. The average Bonchev–Trinajstić information content (AvgIpc) is 3.00. The Balaban J connectivity index is 1.84. The largest absolute Gasteiger partial charge is 0.496 e. The van der Waals surface area contributed by atoms with Gasteiger partial charge in [0.05, 0.1) is 7.11 Å². The second-order valence-corrected chi connectivity index (χ2v) is 10.3. The highest BCUT2D eigenvalue weighted by Crippen LogP contribution is 2.29. The maximum Gasteiger partial charge on any atom is 0.344 e. The number of hydrogen-bond acceptors (Lipinski definition) is 3. The number of carbonyl (C=O) groups is 1. The van der Waals surface area contributed by atoms with Gasteiger partial charge in [-0.15, -0.1) is 0 Å². The Morgan fingerprint density at radius 3 is 2.42 bits per heavy atom. The highest BCUT2D eigenvalue weighted by molar-refractivity contribution is 5.81. The van der Waals surface area contributed by atoms with E-state index in [1.54, 1.807) is 13.2 Å². The topological polar surface area (TPSA) is 45.1 Å². The smallest absolute Gasteiger partial charge is 0.344 e. The van der Waals surface area contributed by atoms with Gasteiger partial charge in [-0.3, -0.25) is 0 Å². The number of piperidine rings is 1. The molecule has 5 nitrogen and oxygen atoms in total. The Hall–Kier alpha value is -3.86. The monoisotopic (exact) mass is 539 g/mol. The summed E-state index contributed by atoms with van der Waals surface area (Å²) in [4.78, 5) is 15.7. The van der Waals surface area contributed by atoms with Gasteiger partial charge < -0.3 is 9.64 Å². The lowest BCUT2D eigenvalue weighted by molar-refractivity contribution is 0.128. The van der Waals surface area contributed by atoms with E-state index in [4.69, 9.17) is 4.74 Å². The van der Waals surface area contributed by atoms with Crippen LogP contribution in [0.5, 0.6) is 0 Å². The molecule has 0 radical (unpaired) electrons. The van der Waals surface area contributed by atoms with Crippen molar-refractivity contribution in [2.24, 2.45) is 11.0 Å². The maximum atomic E-state index is 13.7. The number of urea groups is 1. The number of ether oxygens (including phenoxy) is 1. The van der Waals surface area contributed by atoms with E-state index in [1.807, 2.05) is 23.2 Å². The number of nitrogens with zero attached hydrogens (tertiary/aromatic N) is 3. The van der Waals surface area contributed by atoms with Crippen LogP contribution >= 0.6 is 0 Å². The lowest BCUT2D eigenvalue weighted by atomic mass is 9.96. The molecule has 5 heteroatoms. The second kappa shape index (κ2) is 15.7. The molecule has 1 heterocycles. The third-order valence-electron chi connectivity index (χ3n) is 7.61. The summed E-state index contributed by atoms with van der Waals surface area (Å²) in [5, 5.41) is 5.54. The summed E-state index contributed by atoms with van der Waals surface area (Å²) in [5.41, 5.74) is 5.33. The van der Waals surface area contributed by atoms with Crippen molar-refractivity contribution < 1.29 is 9.53 Å². The first-order chi connectivity index (χ1) is 19.4. The lowest BCUT2D eigenvalue weighted by Gasteiger charge is -2.37. The first kappa shape index (κ1) is 30.7. The Labute approximate surface area is 241 Å². The summed E-state index contributed by atoms with van der Waals surface area (Å²) >= 11 is 0. The SMILES string of the molecule is C=C/C=C(\C(=C/C(C)CC)OC)c1ccc(/C(=C/N(N=C)C(=O)N2CCCCC2Cc2ccccc2)CC)cc1. The minimum atomic E-state index is -0.116. The highest BCUT2D eigenvalue weighted by atomic mass is 16.5. The zero-order chi connectivity index (χ0) is 28.9. The van der Waals surface area contributed by atoms with Gasteiger partial charge >= 0.3 is 6.03 Å². The maximum absolute atomic E-state index is 13.7. The van der Waals surface area contributed by atoms with Crippen LogP contribution in [0.2, 0.25) is 0 Å². The number of hydrogen-bond donors (Lipinski definition) is 0. The number of allylic oxidation sites excluding steroid dienone is 5. The molecule has 2 atom stereocenters. The van der Waals surface area contributed by atoms with Crippen molar-refractivity contribution in [2.45, 2.75) is 65.3 Å². The van der Waals surface area contributed by atoms with E-state index in [-0.39, 0.29) is 12.1 Å². The molecule has 0 aromatic heterocycles. The van der Waals surface area contributed by atoms with Gasteiger partial charge in [-0.25, -0.2) is 4.79 Å². The van der Waals surface area contributed by atoms with E-state index in [1.165, 1.54) is 10.6 Å². The summed E-state index contributed by atoms with van der Waals surface area (Å²) < 4.78 is 5.75. The molecule has 0 bridgehead atoms. The van der Waals surface area contributed by atoms with Gasteiger partial charge in [-0.05, 0) is 72.8 Å². The fourth-order valence-electron chi connectivity index (χ4n) is 5.10. The van der Waals surface area contributed by atoms with E-state index < -0.39 is 0 Å². The number of amides is 2. The number of rotatable bonds is 12. The average molecular weight is 540 g/mol. The number of carbonyl (C=O) groups excluding carboxylic acids is 1. The fourth-order valence-corrected chi connectivity index (χ4v) is 5.10. The van der Waals surface area contributed by atoms with Gasteiger partial charge in [0.1, 0.15) is 5.76 Å². The first-order valence-electron chi connectivity index (χ1n) is 14.5. The molecule has 2 amide bonds. The third kappa shape index (κ3) is 8.08. The van der Waals surface area contributed by atoms with Crippen LogP contribution in [-0.4, -0.2) is 42.4 Å². The molecule has 1 fully saturated rings. The Bertz CT molecular complexity index is 1210. The van der Waals surface area contributed by atoms with Crippen molar-refractivity contribution in [1.82, 2.24) is 9.91 Å². The summed E-state index contributed by atoms with van der Waals surface area (Å²) in [5.74, 6) is 1.24. The van der Waals surface area contributed by atoms with E-state index in [2.05, 4.69) is 93.8 Å². The lowest BCUT2D eigenvalue weighted by Crippen LogP contribution is -2.48. The number of methoxy groups -OCH3 is 1. The van der Waals surface area contributed by atoms with Gasteiger partial charge in [0.15, 0.2) is 0 Å². The van der Waals surface area contributed by atoms with Gasteiger partial charge in [0.2, 0.25) is 0 Å². The van der Waals surface area contributed by atoms with Crippen molar-refractivity contribution in [3.8, 4) is 0 Å². The molecule has 1 aliphatic rings. The molecule has 1 aliphatic heterocycles. The van der Waals surface area contributed by atoms with Crippen LogP contribution in [-0.2, 0) is 11.2 Å². The molecule has 0 spiro atoms. The van der Waals surface area contributed by atoms with Gasteiger partial charge in [-0.1, -0.05) is 94.1 Å². The van der Waals surface area contributed by atoms with Crippen molar-refractivity contribution in [1.29, 1.82) is 0 Å². The molecule has 2 aromatic rings. The van der Waals surface area contributed by atoms with Gasteiger partial charge in [-0.2, -0.15) is 10.1 Å². The molecule has 2 unspecified atom stereocenters. The molecule has 1 saturated heterocycles. The van der Waals surface area contributed by atoms with E-state index in [0.717, 1.165) is 73.1 Å². The summed E-state index contributed by atoms with van der Waals surface area (Å²) in [6.45, 7) is 14.8. The number of likely N-dealkylation sites (tertiary alicyclic amines) is 1. The van der Waals surface area contributed by atoms with Crippen LogP contribution < -0.4 is 0 Å². The van der Waals surface area contributed by atoms with Crippen molar-refractivity contribution in [3.63, 3.8) is 0 Å². The molecule has 0 N–H and O–H groups in total. The van der Waals surface area contributed by atoms with E-state index >= 15 is 0 Å². The normalized spacial score (nSPS) is 17.2. The van der Waals surface area contributed by atoms with Crippen LogP contribution in [0.15, 0.2) is 96.5 Å². The van der Waals surface area contributed by atoms with Crippen LogP contribution in [0, 0.1) is 5.92 Å². The molecule has 40 heavy (non-hydrogen) atoms. The second-order valence-electron chi connectivity index (χ2n) is 10.3. The van der Waals surface area contributed by atoms with Crippen molar-refractivity contribution >= 4 is 23.9 Å². The van der Waals surface area contributed by atoms with E-state index in [0.29, 0.717) is 5.92 Å². The predicted molar refractivity (Wildman–Crippen MR) is 169 cm³/mol. The molecular formula is C35H45N3O2. The van der Waals surface area contributed by atoms with Crippen molar-refractivity contribution in [2.75, 3.05) is 13.7 Å². The summed E-state index contributed by atoms with van der Waals surface area (Å²) in [6.07, 6.45) is 13.5. The molecule has 2 aromatic carbocycles. The summed E-state index contributed by atoms with van der Waals surface area (Å²) in [6, 6.07) is 18.8. The zero-order valence-corrected chi connectivity index (χ0v) is 24.7. The standard InChI is InChI=1S/C35H45N3O2/c1-7-15-33(34(40-6)24-27(4)8-2)31-21-19-30(20-22-31)29(9-3)26-38(36-5)35(39)37-23-14-13-18-32(37)25-28-16-11-10-12-17-28/h7,10-12,15-17,19-22,24,26-27,32H,1,5,8-9,13-14,18,23,25H2,2-4,6H3/b29-26+,33-15-,34-24+. The van der Waals surface area contributed by atoms with Crippen LogP contribution in [0.25, 0.3) is 11.1 Å². The predicted octanol–water partition coefficient (Wildman–Crippen LogP) is 8.72. The van der Waals surface area contributed by atoms with Gasteiger partial charge in [0.25, 0.3) is 0 Å². The zero-order valence-electron chi connectivity index (χ0n) is 24.7. The number of benzene rings is 2. The minimum absolute atomic E-state index is 0.116. The first-order valence-corrected chi connectivity index (χ1v) is 14.5. The quantitative estimate of drug-likeness (QED) is 0.117. The highest BCUT2D eigenvalue weighted by Gasteiger charge is 2.29. The molecule has 212 valence electrons.